The van der Waals surface area contributed by atoms with Crippen LogP contribution < -0.4 is 5.48 Å². The van der Waals surface area contributed by atoms with Crippen molar-refractivity contribution < 1.29 is 38.7 Å². The SMILES string of the molecule is CC(C)[C@H](NO)C(=O)N(CP(=O)(O)O)CP(=O)(O)O. The van der Waals surface area contributed by atoms with Gasteiger partial charge in [-0.2, -0.15) is 5.48 Å². The second kappa shape index (κ2) is 6.92. The summed E-state index contributed by atoms with van der Waals surface area (Å²) in [7, 11) is -9.38. The average Bonchev–Trinajstić information content (AvgIpc) is 2.12. The molecule has 1 amide bonds. The lowest BCUT2D eigenvalue weighted by Crippen LogP contribution is -2.48. The van der Waals surface area contributed by atoms with Gasteiger partial charge in [0.25, 0.3) is 0 Å². The van der Waals surface area contributed by atoms with Crippen molar-refractivity contribution in [3.8, 4) is 0 Å². The van der Waals surface area contributed by atoms with Crippen LogP contribution in [0.5, 0.6) is 0 Å². The first-order chi connectivity index (χ1) is 8.37. The van der Waals surface area contributed by atoms with Crippen LogP contribution in [-0.4, -0.2) is 54.2 Å². The number of hydrogen-bond acceptors (Lipinski definition) is 5. The van der Waals surface area contributed by atoms with Crippen molar-refractivity contribution in [2.24, 2.45) is 5.92 Å². The molecule has 0 rings (SSSR count). The number of carbonyl (C=O) groups is 1. The van der Waals surface area contributed by atoms with Gasteiger partial charge in [-0.1, -0.05) is 13.8 Å². The number of hydroxylamine groups is 1. The summed E-state index contributed by atoms with van der Waals surface area (Å²) in [5, 5.41) is 8.83. The highest BCUT2D eigenvalue weighted by Crippen LogP contribution is 2.41. The van der Waals surface area contributed by atoms with Gasteiger partial charge in [0.15, 0.2) is 0 Å². The molecule has 0 radical (unpaired) electrons. The summed E-state index contributed by atoms with van der Waals surface area (Å²) in [4.78, 5) is 47.5. The third-order valence-electron chi connectivity index (χ3n) is 2.09. The number of hydrogen-bond donors (Lipinski definition) is 6. The third-order valence-corrected chi connectivity index (χ3v) is 3.51. The monoisotopic (exact) mass is 320 g/mol. The van der Waals surface area contributed by atoms with Gasteiger partial charge in [0.2, 0.25) is 5.91 Å². The quantitative estimate of drug-likeness (QED) is 0.257. The standard InChI is InChI=1S/C7H18N2O8P2/c1-5(2)6(8-11)7(10)9(3-18(12,13)14)4-19(15,16)17/h5-6,8,11H,3-4H2,1-2H3,(H2,12,13,14)(H2,15,16,17)/t6-/m0/s1. The van der Waals surface area contributed by atoms with Gasteiger partial charge in [-0.25, -0.2) is 0 Å². The Morgan fingerprint density at radius 3 is 1.68 bits per heavy atom. The summed E-state index contributed by atoms with van der Waals surface area (Å²) >= 11 is 0. The van der Waals surface area contributed by atoms with Crippen molar-refractivity contribution in [1.29, 1.82) is 0 Å². The minimum Gasteiger partial charge on any atom is -0.323 e. The van der Waals surface area contributed by atoms with E-state index in [1.54, 1.807) is 19.3 Å². The molecule has 0 heterocycles. The fourth-order valence-corrected chi connectivity index (χ4v) is 2.84. The van der Waals surface area contributed by atoms with Crippen molar-refractivity contribution in [2.75, 3.05) is 12.6 Å². The molecule has 0 unspecified atom stereocenters. The van der Waals surface area contributed by atoms with E-state index in [1.165, 1.54) is 0 Å². The predicted octanol–water partition coefficient (Wildman–Crippen LogP) is -0.911. The summed E-state index contributed by atoms with van der Waals surface area (Å²) in [6.45, 7) is 3.08. The lowest BCUT2D eigenvalue weighted by atomic mass is 10.0. The Morgan fingerprint density at radius 2 is 1.47 bits per heavy atom. The normalized spacial score (nSPS) is 14.5. The molecule has 0 fully saturated rings. The van der Waals surface area contributed by atoms with E-state index < -0.39 is 45.6 Å². The van der Waals surface area contributed by atoms with Crippen molar-refractivity contribution >= 4 is 21.1 Å². The molecule has 0 aliphatic heterocycles. The molecule has 6 N–H and O–H groups in total. The predicted molar refractivity (Wildman–Crippen MR) is 64.2 cm³/mol. The Morgan fingerprint density at radius 1 is 1.11 bits per heavy atom. The topological polar surface area (TPSA) is 168 Å². The number of carbonyl (C=O) groups excluding carboxylic acids is 1. The highest BCUT2D eigenvalue weighted by atomic mass is 31.2. The van der Waals surface area contributed by atoms with E-state index in [4.69, 9.17) is 24.8 Å². The maximum atomic E-state index is 11.9. The summed E-state index contributed by atoms with van der Waals surface area (Å²) in [5.41, 5.74) is 1.66. The molecule has 0 aromatic carbocycles. The molecule has 0 bridgehead atoms. The lowest BCUT2D eigenvalue weighted by molar-refractivity contribution is -0.136. The van der Waals surface area contributed by atoms with E-state index in [0.29, 0.717) is 4.90 Å². The molecule has 12 heteroatoms. The first kappa shape index (κ1) is 18.7. The maximum Gasteiger partial charge on any atom is 0.344 e. The Labute approximate surface area is 109 Å². The van der Waals surface area contributed by atoms with Crippen molar-refractivity contribution in [3.63, 3.8) is 0 Å². The van der Waals surface area contributed by atoms with Crippen LogP contribution in [0.15, 0.2) is 0 Å². The van der Waals surface area contributed by atoms with E-state index in [-0.39, 0.29) is 0 Å². The van der Waals surface area contributed by atoms with Crippen molar-refractivity contribution in [3.05, 3.63) is 0 Å². The van der Waals surface area contributed by atoms with E-state index in [2.05, 4.69) is 0 Å². The van der Waals surface area contributed by atoms with E-state index in [9.17, 15) is 13.9 Å². The third kappa shape index (κ3) is 7.76. The van der Waals surface area contributed by atoms with E-state index in [0.717, 1.165) is 0 Å². The molecule has 114 valence electrons. The molecule has 0 aromatic heterocycles. The number of nitrogens with one attached hydrogen (secondary N) is 1. The molecule has 0 saturated carbocycles. The van der Waals surface area contributed by atoms with Gasteiger partial charge in [-0.3, -0.25) is 13.9 Å². The van der Waals surface area contributed by atoms with Crippen LogP contribution in [0.1, 0.15) is 13.8 Å². The Bertz CT molecular complexity index is 378. The van der Waals surface area contributed by atoms with Crippen LogP contribution in [0.4, 0.5) is 0 Å². The molecule has 0 aromatic rings. The van der Waals surface area contributed by atoms with Gasteiger partial charge in [0, 0.05) is 0 Å². The largest absolute Gasteiger partial charge is 0.344 e. The number of amides is 1. The van der Waals surface area contributed by atoms with Crippen LogP contribution in [0.25, 0.3) is 0 Å². The molecule has 0 saturated heterocycles. The highest BCUT2D eigenvalue weighted by molar-refractivity contribution is 7.52. The Hall–Kier alpha value is -0.310. The Kier molecular flexibility index (Phi) is 6.80. The van der Waals surface area contributed by atoms with Crippen molar-refractivity contribution in [2.45, 2.75) is 19.9 Å². The Balaban J connectivity index is 5.17. The molecule has 0 aliphatic carbocycles. The smallest absolute Gasteiger partial charge is 0.323 e. The minimum atomic E-state index is -4.69. The molecule has 0 spiro atoms. The summed E-state index contributed by atoms with van der Waals surface area (Å²) in [6, 6.07) is -1.22. The average molecular weight is 320 g/mol. The zero-order valence-electron chi connectivity index (χ0n) is 10.4. The van der Waals surface area contributed by atoms with Gasteiger partial charge in [-0.15, -0.1) is 0 Å². The molecule has 1 atom stereocenters. The maximum absolute atomic E-state index is 11.9. The minimum absolute atomic E-state index is 0.343. The van der Waals surface area contributed by atoms with Crippen LogP contribution in [0, 0.1) is 5.92 Å². The zero-order valence-corrected chi connectivity index (χ0v) is 12.2. The van der Waals surface area contributed by atoms with Crippen molar-refractivity contribution in [1.82, 2.24) is 10.4 Å². The first-order valence-corrected chi connectivity index (χ1v) is 8.74. The molecule has 19 heavy (non-hydrogen) atoms. The number of rotatable bonds is 7. The zero-order chi connectivity index (χ0) is 15.4. The van der Waals surface area contributed by atoms with Crippen LogP contribution in [0.2, 0.25) is 0 Å². The molecule has 10 nitrogen and oxygen atoms in total. The van der Waals surface area contributed by atoms with Crippen LogP contribution in [0.3, 0.4) is 0 Å². The lowest BCUT2D eigenvalue weighted by Gasteiger charge is -2.28. The van der Waals surface area contributed by atoms with Gasteiger partial charge >= 0.3 is 15.2 Å². The van der Waals surface area contributed by atoms with Gasteiger partial charge < -0.3 is 29.7 Å². The molecular weight excluding hydrogens is 302 g/mol. The second-order valence-corrected chi connectivity index (χ2v) is 7.57. The number of nitrogens with zero attached hydrogens (tertiary/aromatic N) is 1. The summed E-state index contributed by atoms with van der Waals surface area (Å²) in [5.74, 6) is -1.46. The van der Waals surface area contributed by atoms with E-state index in [1.807, 2.05) is 0 Å². The fourth-order valence-electron chi connectivity index (χ4n) is 1.32. The first-order valence-electron chi connectivity index (χ1n) is 5.15. The van der Waals surface area contributed by atoms with Gasteiger partial charge in [-0.05, 0) is 5.92 Å². The van der Waals surface area contributed by atoms with Crippen LogP contribution in [-0.2, 0) is 13.9 Å². The summed E-state index contributed by atoms with van der Waals surface area (Å²) in [6.07, 6.45) is -2.27. The second-order valence-electron chi connectivity index (χ2n) is 4.34. The molecular formula is C7H18N2O8P2. The molecule has 0 aliphatic rings. The summed E-state index contributed by atoms with van der Waals surface area (Å²) < 4.78 is 21.8. The highest BCUT2D eigenvalue weighted by Gasteiger charge is 2.34. The van der Waals surface area contributed by atoms with E-state index >= 15 is 0 Å². The van der Waals surface area contributed by atoms with Gasteiger partial charge in [0.05, 0.1) is 0 Å². The fraction of sp³-hybridized carbons (Fsp3) is 0.857. The van der Waals surface area contributed by atoms with Crippen LogP contribution >= 0.6 is 15.2 Å². The van der Waals surface area contributed by atoms with Gasteiger partial charge in [0.1, 0.15) is 18.6 Å².